The summed E-state index contributed by atoms with van der Waals surface area (Å²) in [5.74, 6) is -0.940. The molecule has 104 valence electrons. The molecule has 6 heteroatoms. The van der Waals surface area contributed by atoms with E-state index < -0.39 is 35.7 Å². The Hall–Kier alpha value is -1.30. The smallest absolute Gasteiger partial charge is 0.407 e. The van der Waals surface area contributed by atoms with Gasteiger partial charge < -0.3 is 19.9 Å². The molecule has 3 atom stereocenters. The first-order chi connectivity index (χ1) is 8.23. The highest BCUT2D eigenvalue weighted by molar-refractivity contribution is 5.75. The lowest BCUT2D eigenvalue weighted by Gasteiger charge is -2.23. The third kappa shape index (κ3) is 4.18. The maximum atomic E-state index is 11.6. The zero-order valence-corrected chi connectivity index (χ0v) is 11.2. The number of methoxy groups -OCH3 is 1. The highest BCUT2D eigenvalue weighted by Crippen LogP contribution is 2.27. The van der Waals surface area contributed by atoms with Crippen LogP contribution >= 0.6 is 0 Å². The van der Waals surface area contributed by atoms with Crippen LogP contribution < -0.4 is 5.32 Å². The molecule has 0 aromatic rings. The van der Waals surface area contributed by atoms with Gasteiger partial charge in [-0.05, 0) is 33.6 Å². The summed E-state index contributed by atoms with van der Waals surface area (Å²) in [7, 11) is 1.29. The molecule has 0 spiro atoms. The molecule has 0 aromatic carbocycles. The first-order valence-electron chi connectivity index (χ1n) is 5.98. The Balaban J connectivity index is 2.59. The van der Waals surface area contributed by atoms with Crippen LogP contribution in [0.15, 0.2) is 0 Å². The van der Waals surface area contributed by atoms with Crippen molar-refractivity contribution in [2.75, 3.05) is 7.11 Å². The van der Waals surface area contributed by atoms with Crippen molar-refractivity contribution in [1.82, 2.24) is 5.32 Å². The fourth-order valence-electron chi connectivity index (χ4n) is 2.04. The zero-order valence-electron chi connectivity index (χ0n) is 11.2. The van der Waals surface area contributed by atoms with Gasteiger partial charge in [0.25, 0.3) is 0 Å². The Kier molecular flexibility index (Phi) is 4.56. The third-order valence-electron chi connectivity index (χ3n) is 2.74. The molecule has 1 amide bonds. The van der Waals surface area contributed by atoms with Crippen molar-refractivity contribution in [3.05, 3.63) is 0 Å². The standard InChI is InChI=1S/C12H21NO5/c1-12(2,3)18-11(16)13-9-6-7(14)5-8(9)10(15)17-4/h7-9,14H,5-6H2,1-4H3,(H,13,16)/t7-,8+,9?/m0/s1. The fraction of sp³-hybridized carbons (Fsp3) is 0.833. The van der Waals surface area contributed by atoms with Crippen molar-refractivity contribution in [3.8, 4) is 0 Å². The second-order valence-corrected chi connectivity index (χ2v) is 5.51. The second kappa shape index (κ2) is 5.56. The number of nitrogens with one attached hydrogen (secondary N) is 1. The van der Waals surface area contributed by atoms with E-state index in [4.69, 9.17) is 4.74 Å². The predicted molar refractivity (Wildman–Crippen MR) is 63.9 cm³/mol. The lowest BCUT2D eigenvalue weighted by Crippen LogP contribution is -2.43. The molecule has 1 aliphatic carbocycles. The summed E-state index contributed by atoms with van der Waals surface area (Å²) in [4.78, 5) is 23.1. The van der Waals surface area contributed by atoms with Gasteiger partial charge in [0.15, 0.2) is 0 Å². The largest absolute Gasteiger partial charge is 0.469 e. The lowest BCUT2D eigenvalue weighted by molar-refractivity contribution is -0.146. The van der Waals surface area contributed by atoms with Crippen LogP contribution in [0.3, 0.4) is 0 Å². The van der Waals surface area contributed by atoms with E-state index in [1.165, 1.54) is 7.11 Å². The SMILES string of the molecule is COC(=O)[C@@H]1C[C@H](O)CC1NC(=O)OC(C)(C)C. The van der Waals surface area contributed by atoms with Gasteiger partial charge in [0.2, 0.25) is 0 Å². The summed E-state index contributed by atoms with van der Waals surface area (Å²) in [6.45, 7) is 5.27. The van der Waals surface area contributed by atoms with E-state index in [-0.39, 0.29) is 0 Å². The summed E-state index contributed by atoms with van der Waals surface area (Å²) < 4.78 is 9.77. The van der Waals surface area contributed by atoms with Crippen LogP contribution in [0.25, 0.3) is 0 Å². The van der Waals surface area contributed by atoms with Crippen LogP contribution in [0.2, 0.25) is 0 Å². The number of alkyl carbamates (subject to hydrolysis) is 1. The first kappa shape index (κ1) is 14.8. The minimum absolute atomic E-state index is 0.299. The number of rotatable bonds is 2. The molecule has 18 heavy (non-hydrogen) atoms. The third-order valence-corrected chi connectivity index (χ3v) is 2.74. The fourth-order valence-corrected chi connectivity index (χ4v) is 2.04. The zero-order chi connectivity index (χ0) is 13.9. The Morgan fingerprint density at radius 1 is 1.28 bits per heavy atom. The second-order valence-electron chi connectivity index (χ2n) is 5.51. The molecule has 1 unspecified atom stereocenters. The summed E-state index contributed by atoms with van der Waals surface area (Å²) in [5, 5.41) is 12.2. The molecular weight excluding hydrogens is 238 g/mol. The molecule has 0 aliphatic heterocycles. The Bertz CT molecular complexity index is 323. The van der Waals surface area contributed by atoms with Crippen molar-refractivity contribution >= 4 is 12.1 Å². The van der Waals surface area contributed by atoms with Gasteiger partial charge in [0, 0.05) is 6.04 Å². The maximum Gasteiger partial charge on any atom is 0.407 e. The van der Waals surface area contributed by atoms with Gasteiger partial charge in [-0.25, -0.2) is 4.79 Å². The van der Waals surface area contributed by atoms with Crippen molar-refractivity contribution < 1.29 is 24.2 Å². The van der Waals surface area contributed by atoms with Crippen LogP contribution in [-0.4, -0.2) is 42.0 Å². The minimum Gasteiger partial charge on any atom is -0.469 e. The molecular formula is C12H21NO5. The first-order valence-corrected chi connectivity index (χ1v) is 5.98. The summed E-state index contributed by atoms with van der Waals surface area (Å²) in [6.07, 6.45) is -0.559. The number of carbonyl (C=O) groups is 2. The molecule has 2 N–H and O–H groups in total. The number of aliphatic hydroxyl groups is 1. The molecule has 1 rings (SSSR count). The van der Waals surface area contributed by atoms with Crippen LogP contribution in [0.5, 0.6) is 0 Å². The highest BCUT2D eigenvalue weighted by Gasteiger charge is 2.40. The van der Waals surface area contributed by atoms with Crippen LogP contribution in [-0.2, 0) is 14.3 Å². The molecule has 1 saturated carbocycles. The number of esters is 1. The molecule has 0 bridgehead atoms. The number of ether oxygens (including phenoxy) is 2. The number of carbonyl (C=O) groups excluding carboxylic acids is 2. The van der Waals surface area contributed by atoms with Crippen molar-refractivity contribution in [2.24, 2.45) is 5.92 Å². The van der Waals surface area contributed by atoms with Crippen molar-refractivity contribution in [2.45, 2.75) is 51.4 Å². The Morgan fingerprint density at radius 2 is 1.89 bits per heavy atom. The lowest BCUT2D eigenvalue weighted by atomic mass is 10.0. The van der Waals surface area contributed by atoms with Crippen molar-refractivity contribution in [1.29, 1.82) is 0 Å². The van der Waals surface area contributed by atoms with Crippen molar-refractivity contribution in [3.63, 3.8) is 0 Å². The van der Waals surface area contributed by atoms with Gasteiger partial charge in [0.05, 0.1) is 19.1 Å². The average molecular weight is 259 g/mol. The molecule has 1 fully saturated rings. The van der Waals surface area contributed by atoms with Gasteiger partial charge in [-0.1, -0.05) is 0 Å². The number of aliphatic hydroxyl groups excluding tert-OH is 1. The monoisotopic (exact) mass is 259 g/mol. The van der Waals surface area contributed by atoms with E-state index >= 15 is 0 Å². The van der Waals surface area contributed by atoms with Crippen LogP contribution in [0, 0.1) is 5.92 Å². The maximum absolute atomic E-state index is 11.6. The number of amides is 1. The average Bonchev–Trinajstić information content (AvgIpc) is 2.55. The summed E-state index contributed by atoms with van der Waals surface area (Å²) >= 11 is 0. The van der Waals surface area contributed by atoms with Gasteiger partial charge in [0.1, 0.15) is 5.60 Å². The van der Waals surface area contributed by atoms with Gasteiger partial charge in [-0.15, -0.1) is 0 Å². The van der Waals surface area contributed by atoms with Crippen LogP contribution in [0.1, 0.15) is 33.6 Å². The van der Waals surface area contributed by atoms with E-state index in [0.717, 1.165) is 0 Å². The minimum atomic E-state index is -0.603. The summed E-state index contributed by atoms with van der Waals surface area (Å²) in [6, 6.07) is -0.442. The molecule has 0 aromatic heterocycles. The predicted octanol–water partition coefficient (Wildman–Crippen LogP) is 0.824. The molecule has 0 radical (unpaired) electrons. The van der Waals surface area contributed by atoms with E-state index in [1.807, 2.05) is 0 Å². The van der Waals surface area contributed by atoms with E-state index in [0.29, 0.717) is 12.8 Å². The number of hydrogen-bond donors (Lipinski definition) is 2. The Morgan fingerprint density at radius 3 is 2.39 bits per heavy atom. The van der Waals surface area contributed by atoms with Gasteiger partial charge in [-0.2, -0.15) is 0 Å². The quantitative estimate of drug-likeness (QED) is 0.717. The van der Waals surface area contributed by atoms with Crippen LogP contribution in [0.4, 0.5) is 4.79 Å². The van der Waals surface area contributed by atoms with Gasteiger partial charge in [-0.3, -0.25) is 4.79 Å². The van der Waals surface area contributed by atoms with Gasteiger partial charge >= 0.3 is 12.1 Å². The topological polar surface area (TPSA) is 84.9 Å². The Labute approximate surface area is 107 Å². The van der Waals surface area contributed by atoms with E-state index in [9.17, 15) is 14.7 Å². The molecule has 6 nitrogen and oxygen atoms in total. The normalized spacial score (nSPS) is 27.7. The summed E-state index contributed by atoms with van der Waals surface area (Å²) in [5.41, 5.74) is -0.595. The molecule has 0 heterocycles. The molecule has 0 saturated heterocycles. The molecule has 1 aliphatic rings. The highest BCUT2D eigenvalue weighted by atomic mass is 16.6. The van der Waals surface area contributed by atoms with E-state index in [2.05, 4.69) is 10.1 Å². The number of hydrogen-bond acceptors (Lipinski definition) is 5. The van der Waals surface area contributed by atoms with E-state index in [1.54, 1.807) is 20.8 Å².